The summed E-state index contributed by atoms with van der Waals surface area (Å²) in [5.74, 6) is 1.44. The molecular formula is C15H17NOS. The Morgan fingerprint density at radius 3 is 2.83 bits per heavy atom. The molecule has 2 nitrogen and oxygen atoms in total. The van der Waals surface area contributed by atoms with Gasteiger partial charge in [0.15, 0.2) is 0 Å². The maximum atomic E-state index is 5.79. The van der Waals surface area contributed by atoms with Crippen molar-refractivity contribution in [3.05, 3.63) is 51.7 Å². The highest BCUT2D eigenvalue weighted by Crippen LogP contribution is 2.42. The monoisotopic (exact) mass is 259 g/mol. The largest absolute Gasteiger partial charge is 0.493 e. The highest BCUT2D eigenvalue weighted by molar-refractivity contribution is 7.12. The summed E-state index contributed by atoms with van der Waals surface area (Å²) in [7, 11) is 2.03. The third kappa shape index (κ3) is 1.93. The topological polar surface area (TPSA) is 21.3 Å². The van der Waals surface area contributed by atoms with Crippen LogP contribution >= 0.6 is 11.3 Å². The van der Waals surface area contributed by atoms with E-state index in [9.17, 15) is 0 Å². The molecule has 2 unspecified atom stereocenters. The van der Waals surface area contributed by atoms with Crippen LogP contribution < -0.4 is 10.1 Å². The Morgan fingerprint density at radius 1 is 1.28 bits per heavy atom. The molecule has 0 aliphatic carbocycles. The van der Waals surface area contributed by atoms with E-state index in [2.05, 4.69) is 42.6 Å². The van der Waals surface area contributed by atoms with Crippen molar-refractivity contribution in [1.82, 2.24) is 5.32 Å². The summed E-state index contributed by atoms with van der Waals surface area (Å²) in [6.45, 7) is 2.92. The fourth-order valence-electron chi connectivity index (χ4n) is 2.63. The fourth-order valence-corrected chi connectivity index (χ4v) is 3.68. The molecule has 2 aromatic rings. The van der Waals surface area contributed by atoms with Gasteiger partial charge >= 0.3 is 0 Å². The highest BCUT2D eigenvalue weighted by Gasteiger charge is 2.31. The Balaban J connectivity index is 1.95. The van der Waals surface area contributed by atoms with Gasteiger partial charge in [-0.25, -0.2) is 0 Å². The number of benzene rings is 1. The van der Waals surface area contributed by atoms with Crippen molar-refractivity contribution in [2.24, 2.45) is 0 Å². The first kappa shape index (κ1) is 11.8. The van der Waals surface area contributed by atoms with Gasteiger partial charge < -0.3 is 10.1 Å². The summed E-state index contributed by atoms with van der Waals surface area (Å²) in [6.07, 6.45) is 0. The number of likely N-dealkylation sites (N-methyl/N-ethyl adjacent to an activating group) is 1. The fraction of sp³-hybridized carbons (Fsp3) is 0.333. The van der Waals surface area contributed by atoms with Gasteiger partial charge in [-0.15, -0.1) is 11.3 Å². The van der Waals surface area contributed by atoms with E-state index in [1.807, 2.05) is 24.5 Å². The van der Waals surface area contributed by atoms with Gasteiger partial charge in [0, 0.05) is 21.2 Å². The summed E-state index contributed by atoms with van der Waals surface area (Å²) >= 11 is 1.86. The molecule has 1 aliphatic rings. The van der Waals surface area contributed by atoms with E-state index in [1.54, 1.807) is 0 Å². The predicted molar refractivity (Wildman–Crippen MR) is 75.5 cm³/mol. The third-order valence-corrected chi connectivity index (χ3v) is 4.60. The van der Waals surface area contributed by atoms with Crippen molar-refractivity contribution in [3.63, 3.8) is 0 Å². The average Bonchev–Trinajstić information content (AvgIpc) is 2.98. The van der Waals surface area contributed by atoms with Crippen LogP contribution in [-0.4, -0.2) is 13.7 Å². The third-order valence-electron chi connectivity index (χ3n) is 3.52. The first-order chi connectivity index (χ1) is 8.79. The van der Waals surface area contributed by atoms with E-state index in [0.717, 1.165) is 12.4 Å². The summed E-state index contributed by atoms with van der Waals surface area (Å²) in [4.78, 5) is 2.75. The molecule has 94 valence electrons. The Labute approximate surface area is 112 Å². The standard InChI is InChI=1S/C15H17NOS/c1-10-7-8-14(18-10)15(16-2)12-9-17-13-6-4-3-5-11(12)13/h3-8,12,15-16H,9H2,1-2H3. The van der Waals surface area contributed by atoms with Crippen LogP contribution in [0.3, 0.4) is 0 Å². The molecule has 1 aromatic heterocycles. The lowest BCUT2D eigenvalue weighted by molar-refractivity contribution is 0.305. The first-order valence-electron chi connectivity index (χ1n) is 6.25. The molecule has 2 heterocycles. The molecule has 3 heteroatoms. The zero-order valence-electron chi connectivity index (χ0n) is 10.6. The Bertz CT molecular complexity index is 549. The van der Waals surface area contributed by atoms with Crippen molar-refractivity contribution >= 4 is 11.3 Å². The van der Waals surface area contributed by atoms with Crippen molar-refractivity contribution in [1.29, 1.82) is 0 Å². The van der Waals surface area contributed by atoms with Crippen LogP contribution in [0.15, 0.2) is 36.4 Å². The molecule has 0 fully saturated rings. The van der Waals surface area contributed by atoms with Crippen molar-refractivity contribution < 1.29 is 4.74 Å². The Kier molecular flexibility index (Phi) is 3.10. The van der Waals surface area contributed by atoms with Crippen LogP contribution in [0.5, 0.6) is 5.75 Å². The van der Waals surface area contributed by atoms with Crippen molar-refractivity contribution in [2.45, 2.75) is 18.9 Å². The molecule has 0 saturated carbocycles. The number of fused-ring (bicyclic) bond motifs is 1. The number of para-hydroxylation sites is 1. The van der Waals surface area contributed by atoms with E-state index < -0.39 is 0 Å². The van der Waals surface area contributed by atoms with E-state index in [4.69, 9.17) is 4.74 Å². The molecule has 2 atom stereocenters. The number of hydrogen-bond donors (Lipinski definition) is 1. The molecule has 18 heavy (non-hydrogen) atoms. The van der Waals surface area contributed by atoms with Crippen LogP contribution in [0.1, 0.15) is 27.3 Å². The predicted octanol–water partition coefficient (Wildman–Crippen LogP) is 3.49. The summed E-state index contributed by atoms with van der Waals surface area (Å²) in [5.41, 5.74) is 1.32. The molecule has 1 aromatic carbocycles. The smallest absolute Gasteiger partial charge is 0.122 e. The second kappa shape index (κ2) is 4.75. The lowest BCUT2D eigenvalue weighted by Gasteiger charge is -2.21. The number of thiophene rings is 1. The van der Waals surface area contributed by atoms with Crippen LogP contribution in [0, 0.1) is 6.92 Å². The van der Waals surface area contributed by atoms with E-state index >= 15 is 0 Å². The number of rotatable bonds is 3. The highest BCUT2D eigenvalue weighted by atomic mass is 32.1. The van der Waals surface area contributed by atoms with Crippen LogP contribution in [0.25, 0.3) is 0 Å². The quantitative estimate of drug-likeness (QED) is 0.911. The minimum atomic E-state index is 0.340. The summed E-state index contributed by atoms with van der Waals surface area (Å²) in [5, 5.41) is 3.44. The zero-order chi connectivity index (χ0) is 12.5. The van der Waals surface area contributed by atoms with Gasteiger partial charge in [0.2, 0.25) is 0 Å². The maximum absolute atomic E-state index is 5.79. The lowest BCUT2D eigenvalue weighted by atomic mass is 9.92. The molecular weight excluding hydrogens is 242 g/mol. The van der Waals surface area contributed by atoms with Crippen LogP contribution in [0.4, 0.5) is 0 Å². The molecule has 0 spiro atoms. The lowest BCUT2D eigenvalue weighted by Crippen LogP contribution is -2.24. The van der Waals surface area contributed by atoms with Gasteiger partial charge in [0.05, 0.1) is 12.6 Å². The zero-order valence-corrected chi connectivity index (χ0v) is 11.5. The normalized spacial score (nSPS) is 19.3. The molecule has 0 amide bonds. The van der Waals surface area contributed by atoms with Gasteiger partial charge in [-0.1, -0.05) is 18.2 Å². The van der Waals surface area contributed by atoms with Gasteiger partial charge in [-0.2, -0.15) is 0 Å². The maximum Gasteiger partial charge on any atom is 0.122 e. The van der Waals surface area contributed by atoms with Gasteiger partial charge in [0.1, 0.15) is 5.75 Å². The number of ether oxygens (including phenoxy) is 1. The van der Waals surface area contributed by atoms with Gasteiger partial charge in [-0.3, -0.25) is 0 Å². The second-order valence-electron chi connectivity index (χ2n) is 4.67. The number of aryl methyl sites for hydroxylation is 1. The summed E-state index contributed by atoms with van der Waals surface area (Å²) < 4.78 is 5.79. The molecule has 0 saturated heterocycles. The van der Waals surface area contributed by atoms with Crippen LogP contribution in [-0.2, 0) is 0 Å². The van der Waals surface area contributed by atoms with Crippen LogP contribution in [0.2, 0.25) is 0 Å². The molecule has 1 N–H and O–H groups in total. The van der Waals surface area contributed by atoms with E-state index in [1.165, 1.54) is 15.3 Å². The molecule has 3 rings (SSSR count). The van der Waals surface area contributed by atoms with E-state index in [0.29, 0.717) is 12.0 Å². The SMILES string of the molecule is CNC(c1ccc(C)s1)C1COc2ccccc21. The molecule has 0 radical (unpaired) electrons. The molecule has 0 bridgehead atoms. The van der Waals surface area contributed by atoms with E-state index in [-0.39, 0.29) is 0 Å². The van der Waals surface area contributed by atoms with Crippen molar-refractivity contribution in [2.75, 3.05) is 13.7 Å². The summed E-state index contributed by atoms with van der Waals surface area (Å²) in [6, 6.07) is 13.1. The van der Waals surface area contributed by atoms with Gasteiger partial charge in [-0.05, 0) is 32.2 Å². The minimum Gasteiger partial charge on any atom is -0.493 e. The average molecular weight is 259 g/mol. The van der Waals surface area contributed by atoms with Crippen molar-refractivity contribution in [3.8, 4) is 5.75 Å². The Morgan fingerprint density at radius 2 is 2.11 bits per heavy atom. The second-order valence-corrected chi connectivity index (χ2v) is 5.99. The molecule has 1 aliphatic heterocycles. The minimum absolute atomic E-state index is 0.340. The Hall–Kier alpha value is -1.32. The number of nitrogens with one attached hydrogen (secondary N) is 1. The van der Waals surface area contributed by atoms with Gasteiger partial charge in [0.25, 0.3) is 0 Å². The first-order valence-corrected chi connectivity index (χ1v) is 7.06. The number of hydrogen-bond acceptors (Lipinski definition) is 3.